The fourth-order valence-electron chi connectivity index (χ4n) is 1.74. The fraction of sp³-hybridized carbons (Fsp3) is 0.133. The Morgan fingerprint density at radius 1 is 1.21 bits per heavy atom. The zero-order valence-electron chi connectivity index (χ0n) is 10.4. The van der Waals surface area contributed by atoms with Crippen LogP contribution in [0.1, 0.15) is 11.1 Å². The number of rotatable bonds is 3. The summed E-state index contributed by atoms with van der Waals surface area (Å²) in [5.41, 5.74) is 3.44. The molecular weight excluding hydrogens is 301 g/mol. The summed E-state index contributed by atoms with van der Waals surface area (Å²) in [6.45, 7) is 1.92. The van der Waals surface area contributed by atoms with Gasteiger partial charge < -0.3 is 0 Å². The summed E-state index contributed by atoms with van der Waals surface area (Å²) in [5.74, 6) is 0. The van der Waals surface area contributed by atoms with Crippen LogP contribution in [0.2, 0.25) is 5.32 Å². The second-order valence-corrected chi connectivity index (χ2v) is 5.95. The van der Waals surface area contributed by atoms with Gasteiger partial charge in [0.2, 0.25) is 0 Å². The molecule has 0 aliphatic rings. The number of aromatic nitrogens is 1. The van der Waals surface area contributed by atoms with Gasteiger partial charge in [-0.1, -0.05) is 0 Å². The number of benzene rings is 1. The number of nitrogens with zero attached hydrogens (tertiary/aromatic N) is 3. The molecule has 92 valence electrons. The molecule has 4 heteroatoms. The van der Waals surface area contributed by atoms with E-state index in [0.717, 1.165) is 21.4 Å². The molecule has 0 unspecified atom stereocenters. The Balaban J connectivity index is 2.52. The second kappa shape index (κ2) is 6.16. The van der Waals surface area contributed by atoms with Crippen LogP contribution in [0.4, 0.5) is 0 Å². The average molecular weight is 312 g/mol. The van der Waals surface area contributed by atoms with Gasteiger partial charge in [-0.05, 0) is 0 Å². The summed E-state index contributed by atoms with van der Waals surface area (Å²) in [5, 5.41) is 18.3. The molecule has 0 saturated carbocycles. The van der Waals surface area contributed by atoms with E-state index < -0.39 is 0 Å². The van der Waals surface area contributed by atoms with E-state index in [-0.39, 0.29) is 15.0 Å². The Kier molecular flexibility index (Phi) is 4.31. The fourth-order valence-corrected chi connectivity index (χ4v) is 3.24. The van der Waals surface area contributed by atoms with Gasteiger partial charge in [-0.25, -0.2) is 0 Å². The Bertz CT molecular complexity index is 666. The summed E-state index contributed by atoms with van der Waals surface area (Å²) >= 11 is -0.0740. The first-order valence-electron chi connectivity index (χ1n) is 5.73. The van der Waals surface area contributed by atoms with Gasteiger partial charge in [0.25, 0.3) is 0 Å². The van der Waals surface area contributed by atoms with E-state index >= 15 is 0 Å². The van der Waals surface area contributed by atoms with E-state index in [1.165, 1.54) is 0 Å². The summed E-state index contributed by atoms with van der Waals surface area (Å²) in [6, 6.07) is 16.1. The Hall–Kier alpha value is -2.13. The monoisotopic (exact) mass is 313 g/mol. The third-order valence-corrected chi connectivity index (χ3v) is 4.41. The first kappa shape index (κ1) is 13.3. The summed E-state index contributed by atoms with van der Waals surface area (Å²) in [7, 11) is 0. The first-order chi connectivity index (χ1) is 9.26. The first-order valence-corrected chi connectivity index (χ1v) is 7.80. The zero-order chi connectivity index (χ0) is 13.7. The number of hydrogen-bond acceptors (Lipinski definition) is 3. The van der Waals surface area contributed by atoms with E-state index in [1.54, 1.807) is 0 Å². The SMILES string of the molecule is Cc1cc(-c2ccccc2)nc([Se]CC#N)c1C#N. The standard InChI is InChI=1S/C15H11N3Se/c1-11-9-14(12-5-3-2-4-6-12)18-15(13(11)10-17)19-8-7-16/h2-6,9H,8H2,1H3. The molecule has 0 saturated heterocycles. The van der Waals surface area contributed by atoms with Crippen molar-refractivity contribution in [1.82, 2.24) is 4.98 Å². The van der Waals surface area contributed by atoms with Gasteiger partial charge in [-0.3, -0.25) is 0 Å². The molecule has 0 aliphatic carbocycles. The number of pyridine rings is 1. The molecule has 0 amide bonds. The summed E-state index contributed by atoms with van der Waals surface area (Å²) in [6.07, 6.45) is 0. The molecule has 2 aromatic rings. The molecule has 0 spiro atoms. The van der Waals surface area contributed by atoms with Gasteiger partial charge in [-0.2, -0.15) is 0 Å². The Morgan fingerprint density at radius 2 is 1.95 bits per heavy atom. The van der Waals surface area contributed by atoms with Crippen molar-refractivity contribution < 1.29 is 0 Å². The molecular formula is C15H11N3Se. The van der Waals surface area contributed by atoms with Crippen LogP contribution in [0.5, 0.6) is 0 Å². The van der Waals surface area contributed by atoms with Crippen LogP contribution in [0.15, 0.2) is 36.4 Å². The van der Waals surface area contributed by atoms with Gasteiger partial charge in [0, 0.05) is 0 Å². The molecule has 1 aromatic heterocycles. The van der Waals surface area contributed by atoms with Crippen molar-refractivity contribution in [2.75, 3.05) is 0 Å². The van der Waals surface area contributed by atoms with Crippen LogP contribution >= 0.6 is 0 Å². The molecule has 2 rings (SSSR count). The maximum atomic E-state index is 9.20. The molecule has 0 bridgehead atoms. The van der Waals surface area contributed by atoms with E-state index in [1.807, 2.05) is 43.3 Å². The Morgan fingerprint density at radius 3 is 2.58 bits per heavy atom. The van der Waals surface area contributed by atoms with Crippen LogP contribution in [0, 0.1) is 29.6 Å². The third kappa shape index (κ3) is 3.01. The van der Waals surface area contributed by atoms with Gasteiger partial charge in [0.1, 0.15) is 0 Å². The van der Waals surface area contributed by atoms with Gasteiger partial charge in [0.15, 0.2) is 0 Å². The van der Waals surface area contributed by atoms with Crippen molar-refractivity contribution in [3.05, 3.63) is 47.5 Å². The van der Waals surface area contributed by atoms with Crippen LogP contribution in [0.3, 0.4) is 0 Å². The zero-order valence-corrected chi connectivity index (χ0v) is 12.1. The third-order valence-electron chi connectivity index (χ3n) is 2.64. The number of aryl methyl sites for hydroxylation is 1. The van der Waals surface area contributed by atoms with Crippen LogP contribution in [0.25, 0.3) is 11.3 Å². The van der Waals surface area contributed by atoms with E-state index in [0.29, 0.717) is 10.9 Å². The van der Waals surface area contributed by atoms with E-state index in [9.17, 15) is 5.26 Å². The van der Waals surface area contributed by atoms with Crippen molar-refractivity contribution in [2.24, 2.45) is 0 Å². The molecule has 0 aliphatic heterocycles. The predicted octanol–water partition coefficient (Wildman–Crippen LogP) is 2.20. The number of hydrogen-bond donors (Lipinski definition) is 0. The second-order valence-electron chi connectivity index (χ2n) is 3.93. The predicted molar refractivity (Wildman–Crippen MR) is 74.9 cm³/mol. The van der Waals surface area contributed by atoms with Gasteiger partial charge >= 0.3 is 118 Å². The topological polar surface area (TPSA) is 60.5 Å². The van der Waals surface area contributed by atoms with E-state index in [2.05, 4.69) is 17.1 Å². The van der Waals surface area contributed by atoms with Gasteiger partial charge in [-0.15, -0.1) is 0 Å². The van der Waals surface area contributed by atoms with Crippen molar-refractivity contribution in [2.45, 2.75) is 12.2 Å². The van der Waals surface area contributed by atoms with Crippen LogP contribution in [-0.2, 0) is 0 Å². The summed E-state index contributed by atoms with van der Waals surface area (Å²) in [4.78, 5) is 4.57. The molecule has 0 atom stereocenters. The summed E-state index contributed by atoms with van der Waals surface area (Å²) < 4.78 is 0.774. The minimum atomic E-state index is -0.0740. The molecule has 19 heavy (non-hydrogen) atoms. The van der Waals surface area contributed by atoms with Crippen LogP contribution in [-0.4, -0.2) is 19.9 Å². The molecule has 0 N–H and O–H groups in total. The molecule has 3 nitrogen and oxygen atoms in total. The van der Waals surface area contributed by atoms with Gasteiger partial charge in [0.05, 0.1) is 0 Å². The molecule has 0 radical (unpaired) electrons. The molecule has 0 fully saturated rings. The quantitative estimate of drug-likeness (QED) is 0.816. The maximum absolute atomic E-state index is 9.20. The molecule has 1 aromatic carbocycles. The normalized spacial score (nSPS) is 9.63. The van der Waals surface area contributed by atoms with Crippen molar-refractivity contribution in [3.8, 4) is 23.4 Å². The Labute approximate surface area is 118 Å². The number of nitriles is 2. The van der Waals surface area contributed by atoms with Crippen molar-refractivity contribution >= 4 is 19.5 Å². The van der Waals surface area contributed by atoms with Crippen molar-refractivity contribution in [3.63, 3.8) is 0 Å². The van der Waals surface area contributed by atoms with Crippen molar-refractivity contribution in [1.29, 1.82) is 10.5 Å². The minimum absolute atomic E-state index is 0.0740. The average Bonchev–Trinajstić information content (AvgIpc) is 2.45. The molecule has 1 heterocycles. The van der Waals surface area contributed by atoms with Crippen LogP contribution < -0.4 is 4.59 Å². The van der Waals surface area contributed by atoms with E-state index in [4.69, 9.17) is 5.26 Å².